The first kappa shape index (κ1) is 12.4. The van der Waals surface area contributed by atoms with Gasteiger partial charge in [0.15, 0.2) is 6.10 Å². The van der Waals surface area contributed by atoms with Crippen molar-refractivity contribution < 1.29 is 14.5 Å². The molecule has 0 amide bonds. The molecular weight excluding hydrogens is 234 g/mol. The Morgan fingerprint density at radius 3 is 2.44 bits per heavy atom. The highest BCUT2D eigenvalue weighted by Crippen LogP contribution is 2.19. The highest BCUT2D eigenvalue weighted by Gasteiger charge is 2.16. The van der Waals surface area contributed by atoms with Crippen LogP contribution in [0.25, 0.3) is 0 Å². The zero-order valence-corrected chi connectivity index (χ0v) is 9.31. The van der Waals surface area contributed by atoms with E-state index in [-0.39, 0.29) is 5.69 Å². The lowest BCUT2D eigenvalue weighted by Crippen LogP contribution is -2.22. The number of hydrogen-bond acceptors (Lipinski definition) is 4. The summed E-state index contributed by atoms with van der Waals surface area (Å²) in [5.41, 5.74) is -0.0300. The average Bonchev–Trinajstić information content (AvgIpc) is 2.26. The fourth-order valence-corrected chi connectivity index (χ4v) is 1.30. The number of nitrogens with zero attached hydrogens (tertiary/aromatic N) is 1. The molecule has 86 valence electrons. The molecule has 5 nitrogen and oxygen atoms in total. The van der Waals surface area contributed by atoms with Crippen molar-refractivity contribution >= 4 is 22.5 Å². The molecule has 0 N–H and O–H groups in total. The van der Waals surface area contributed by atoms with Gasteiger partial charge in [0.2, 0.25) is 0 Å². The molecule has 1 rings (SSSR count). The zero-order chi connectivity index (χ0) is 12.1. The third-order valence-electron chi connectivity index (χ3n) is 1.95. The molecule has 0 saturated heterocycles. The first-order chi connectivity index (χ1) is 7.54. The predicted octanol–water partition coefficient (Wildman–Crippen LogP) is 2.52. The lowest BCUT2D eigenvalue weighted by molar-refractivity contribution is -0.384. The van der Waals surface area contributed by atoms with Gasteiger partial charge in [-0.05, 0) is 30.2 Å². The van der Waals surface area contributed by atoms with Gasteiger partial charge in [-0.15, -0.1) is 0 Å². The molecule has 0 radical (unpaired) electrons. The van der Waals surface area contributed by atoms with Crippen LogP contribution in [0, 0.1) is 10.1 Å². The summed E-state index contributed by atoms with van der Waals surface area (Å²) in [4.78, 5) is 20.8. The van der Waals surface area contributed by atoms with Crippen molar-refractivity contribution in [3.63, 3.8) is 0 Å². The molecule has 0 aliphatic carbocycles. The molecule has 0 saturated carbocycles. The summed E-state index contributed by atoms with van der Waals surface area (Å²) in [5, 5.41) is 9.81. The Bertz CT molecular complexity index is 390. The SMILES string of the molecule is CC[C@H](Oc1ccc([N+](=O)[O-])cc1)C(=O)Cl. The van der Waals surface area contributed by atoms with E-state index in [1.807, 2.05) is 0 Å². The monoisotopic (exact) mass is 243 g/mol. The number of non-ortho nitro benzene ring substituents is 1. The van der Waals surface area contributed by atoms with E-state index >= 15 is 0 Å². The van der Waals surface area contributed by atoms with E-state index in [9.17, 15) is 14.9 Å². The summed E-state index contributed by atoms with van der Waals surface area (Å²) < 4.78 is 5.26. The molecule has 0 heterocycles. The Morgan fingerprint density at radius 2 is 2.06 bits per heavy atom. The van der Waals surface area contributed by atoms with Crippen molar-refractivity contribution in [3.05, 3.63) is 34.4 Å². The standard InChI is InChI=1S/C10H10ClNO4/c1-2-9(10(11)13)16-8-5-3-7(4-6-8)12(14)15/h3-6,9H,2H2,1H3/t9-/m0/s1. The number of rotatable bonds is 5. The van der Waals surface area contributed by atoms with Gasteiger partial charge in [-0.3, -0.25) is 14.9 Å². The van der Waals surface area contributed by atoms with Crippen LogP contribution >= 0.6 is 11.6 Å². The lowest BCUT2D eigenvalue weighted by Gasteiger charge is -2.12. The van der Waals surface area contributed by atoms with Crippen molar-refractivity contribution in [2.24, 2.45) is 0 Å². The van der Waals surface area contributed by atoms with E-state index in [1.54, 1.807) is 6.92 Å². The zero-order valence-electron chi connectivity index (χ0n) is 8.55. The number of hydrogen-bond donors (Lipinski definition) is 0. The molecular formula is C10H10ClNO4. The van der Waals surface area contributed by atoms with Crippen molar-refractivity contribution in [3.8, 4) is 5.75 Å². The number of nitro benzene ring substituents is 1. The van der Waals surface area contributed by atoms with Crippen LogP contribution in [0.15, 0.2) is 24.3 Å². The fourth-order valence-electron chi connectivity index (χ4n) is 1.10. The average molecular weight is 244 g/mol. The van der Waals surface area contributed by atoms with E-state index < -0.39 is 16.3 Å². The minimum absolute atomic E-state index is 0.0300. The number of nitro groups is 1. The first-order valence-electron chi connectivity index (χ1n) is 4.65. The van der Waals surface area contributed by atoms with Crippen LogP contribution in [-0.2, 0) is 4.79 Å². The van der Waals surface area contributed by atoms with Gasteiger partial charge in [0.25, 0.3) is 10.9 Å². The van der Waals surface area contributed by atoms with Crippen molar-refractivity contribution in [2.75, 3.05) is 0 Å². The summed E-state index contributed by atoms with van der Waals surface area (Å²) in [6.07, 6.45) is -0.276. The van der Waals surface area contributed by atoms with E-state index in [0.717, 1.165) is 0 Å². The van der Waals surface area contributed by atoms with E-state index in [0.29, 0.717) is 12.2 Å². The summed E-state index contributed by atoms with van der Waals surface area (Å²) in [6, 6.07) is 5.47. The van der Waals surface area contributed by atoms with Gasteiger partial charge in [0.1, 0.15) is 5.75 Å². The van der Waals surface area contributed by atoms with Crippen molar-refractivity contribution in [1.29, 1.82) is 0 Å². The summed E-state index contributed by atoms with van der Waals surface area (Å²) >= 11 is 5.30. The van der Waals surface area contributed by atoms with Crippen LogP contribution in [0.5, 0.6) is 5.75 Å². The summed E-state index contributed by atoms with van der Waals surface area (Å²) in [7, 11) is 0. The molecule has 1 atom stereocenters. The van der Waals surface area contributed by atoms with Crippen LogP contribution in [-0.4, -0.2) is 16.3 Å². The molecule has 0 fully saturated rings. The van der Waals surface area contributed by atoms with Crippen molar-refractivity contribution in [2.45, 2.75) is 19.4 Å². The Morgan fingerprint density at radius 1 is 1.50 bits per heavy atom. The largest absolute Gasteiger partial charge is 0.481 e. The number of halogens is 1. The second-order valence-electron chi connectivity index (χ2n) is 3.07. The van der Waals surface area contributed by atoms with Crippen LogP contribution in [0.3, 0.4) is 0 Å². The molecule has 1 aromatic rings. The minimum Gasteiger partial charge on any atom is -0.481 e. The Hall–Kier alpha value is -1.62. The van der Waals surface area contributed by atoms with Crippen LogP contribution < -0.4 is 4.74 Å². The van der Waals surface area contributed by atoms with Gasteiger partial charge in [-0.2, -0.15) is 0 Å². The van der Waals surface area contributed by atoms with E-state index in [4.69, 9.17) is 16.3 Å². The first-order valence-corrected chi connectivity index (χ1v) is 5.03. The van der Waals surface area contributed by atoms with Crippen molar-refractivity contribution in [1.82, 2.24) is 0 Å². The predicted molar refractivity (Wildman–Crippen MR) is 58.7 cm³/mol. The maximum atomic E-state index is 10.9. The maximum absolute atomic E-state index is 10.9. The van der Waals surface area contributed by atoms with Crippen LogP contribution in [0.2, 0.25) is 0 Å². The fraction of sp³-hybridized carbons (Fsp3) is 0.300. The second kappa shape index (κ2) is 5.46. The molecule has 0 bridgehead atoms. The normalized spacial score (nSPS) is 11.9. The molecule has 6 heteroatoms. The van der Waals surface area contributed by atoms with Gasteiger partial charge in [-0.25, -0.2) is 0 Å². The number of benzene rings is 1. The smallest absolute Gasteiger partial charge is 0.269 e. The quantitative estimate of drug-likeness (QED) is 0.453. The lowest BCUT2D eigenvalue weighted by atomic mass is 10.3. The molecule has 0 unspecified atom stereocenters. The maximum Gasteiger partial charge on any atom is 0.269 e. The highest BCUT2D eigenvalue weighted by molar-refractivity contribution is 6.64. The van der Waals surface area contributed by atoms with Crippen LogP contribution in [0.1, 0.15) is 13.3 Å². The molecule has 0 aliphatic heterocycles. The Labute approximate surface area is 97.1 Å². The van der Waals surface area contributed by atoms with Gasteiger partial charge < -0.3 is 4.74 Å². The van der Waals surface area contributed by atoms with Gasteiger partial charge in [0, 0.05) is 12.1 Å². The summed E-state index contributed by atoms with van der Waals surface area (Å²) in [6.45, 7) is 1.76. The number of carbonyl (C=O) groups excluding carboxylic acids is 1. The Kier molecular flexibility index (Phi) is 4.25. The topological polar surface area (TPSA) is 69.4 Å². The third kappa shape index (κ3) is 3.20. The minimum atomic E-state index is -0.719. The Balaban J connectivity index is 2.75. The van der Waals surface area contributed by atoms with Gasteiger partial charge >= 0.3 is 0 Å². The molecule has 16 heavy (non-hydrogen) atoms. The highest BCUT2D eigenvalue weighted by atomic mass is 35.5. The molecule has 0 aromatic heterocycles. The van der Waals surface area contributed by atoms with Crippen LogP contribution in [0.4, 0.5) is 5.69 Å². The molecule has 0 aliphatic rings. The number of ether oxygens (including phenoxy) is 1. The molecule has 0 spiro atoms. The second-order valence-corrected chi connectivity index (χ2v) is 3.44. The number of carbonyl (C=O) groups is 1. The third-order valence-corrected chi connectivity index (χ3v) is 2.19. The van der Waals surface area contributed by atoms with E-state index in [2.05, 4.69) is 0 Å². The van der Waals surface area contributed by atoms with Gasteiger partial charge in [-0.1, -0.05) is 6.92 Å². The van der Waals surface area contributed by atoms with E-state index in [1.165, 1.54) is 24.3 Å². The molecule has 1 aromatic carbocycles. The summed E-state index contributed by atoms with van der Waals surface area (Å²) in [5.74, 6) is 0.381. The van der Waals surface area contributed by atoms with Gasteiger partial charge in [0.05, 0.1) is 4.92 Å².